The Balaban J connectivity index is 2.03. The summed E-state index contributed by atoms with van der Waals surface area (Å²) in [7, 11) is 1.60. The molecule has 0 bridgehead atoms. The van der Waals surface area contributed by atoms with E-state index in [-0.39, 0.29) is 11.0 Å². The lowest BCUT2D eigenvalue weighted by atomic mass is 10.2. The number of anilines is 1. The number of nitrogens with one attached hydrogen (secondary N) is 2. The Bertz CT molecular complexity index is 721. The molecule has 23 heavy (non-hydrogen) atoms. The molecule has 0 radical (unpaired) electrons. The van der Waals surface area contributed by atoms with Gasteiger partial charge in [-0.05, 0) is 60.9 Å². The average Bonchev–Trinajstić information content (AvgIpc) is 2.55. The van der Waals surface area contributed by atoms with Crippen LogP contribution in [0.25, 0.3) is 0 Å². The molecular weight excluding hydrogens is 352 g/mol. The molecule has 7 heteroatoms. The van der Waals surface area contributed by atoms with Crippen LogP contribution in [0.3, 0.4) is 0 Å². The van der Waals surface area contributed by atoms with Gasteiger partial charge in [-0.3, -0.25) is 10.1 Å². The standard InChI is InChI=1S/C16H15ClN2O2S2/c1-21-11-5-3-10(4-6-11)18-16(22)19-15(20)13-9-12(23-2)7-8-14(13)17/h3-9H,1-2H3,(H2,18,19,20,22). The molecule has 0 atom stereocenters. The van der Waals surface area contributed by atoms with E-state index in [1.807, 2.05) is 12.3 Å². The fourth-order valence-corrected chi connectivity index (χ4v) is 2.67. The Kier molecular flexibility index (Phi) is 6.27. The van der Waals surface area contributed by atoms with Gasteiger partial charge in [-0.1, -0.05) is 11.6 Å². The number of carbonyl (C=O) groups is 1. The highest BCUT2D eigenvalue weighted by molar-refractivity contribution is 7.98. The van der Waals surface area contributed by atoms with Gasteiger partial charge in [0, 0.05) is 10.6 Å². The third-order valence-electron chi connectivity index (χ3n) is 2.99. The minimum absolute atomic E-state index is 0.200. The van der Waals surface area contributed by atoms with Crippen LogP contribution in [-0.4, -0.2) is 24.4 Å². The van der Waals surface area contributed by atoms with E-state index in [4.69, 9.17) is 28.6 Å². The Labute approximate surface area is 149 Å². The van der Waals surface area contributed by atoms with E-state index in [0.717, 1.165) is 16.3 Å². The van der Waals surface area contributed by atoms with E-state index < -0.39 is 0 Å². The molecule has 0 saturated carbocycles. The van der Waals surface area contributed by atoms with Gasteiger partial charge in [0.1, 0.15) is 5.75 Å². The van der Waals surface area contributed by atoms with Crippen molar-refractivity contribution in [3.05, 3.63) is 53.1 Å². The van der Waals surface area contributed by atoms with Crippen molar-refractivity contribution < 1.29 is 9.53 Å². The van der Waals surface area contributed by atoms with Crippen LogP contribution in [0.1, 0.15) is 10.4 Å². The van der Waals surface area contributed by atoms with Crippen LogP contribution >= 0.6 is 35.6 Å². The molecule has 0 spiro atoms. The number of thiocarbonyl (C=S) groups is 1. The van der Waals surface area contributed by atoms with E-state index in [2.05, 4.69) is 10.6 Å². The number of amides is 1. The van der Waals surface area contributed by atoms with Crippen molar-refractivity contribution in [1.29, 1.82) is 0 Å². The van der Waals surface area contributed by atoms with Gasteiger partial charge >= 0.3 is 0 Å². The van der Waals surface area contributed by atoms with Gasteiger partial charge in [0.05, 0.1) is 17.7 Å². The van der Waals surface area contributed by atoms with Crippen LogP contribution in [0.5, 0.6) is 5.75 Å². The molecule has 2 aromatic rings. The fourth-order valence-electron chi connectivity index (χ4n) is 1.81. The van der Waals surface area contributed by atoms with E-state index in [0.29, 0.717) is 10.6 Å². The first-order valence-electron chi connectivity index (χ1n) is 6.63. The van der Waals surface area contributed by atoms with Crippen molar-refractivity contribution in [1.82, 2.24) is 5.32 Å². The molecule has 0 unspecified atom stereocenters. The molecule has 120 valence electrons. The quantitative estimate of drug-likeness (QED) is 0.627. The smallest absolute Gasteiger partial charge is 0.258 e. The molecule has 0 aliphatic carbocycles. The van der Waals surface area contributed by atoms with Gasteiger partial charge in [0.2, 0.25) is 0 Å². The first-order chi connectivity index (χ1) is 11.0. The zero-order valence-corrected chi connectivity index (χ0v) is 14.9. The van der Waals surface area contributed by atoms with Crippen molar-refractivity contribution >= 4 is 52.3 Å². The second-order valence-electron chi connectivity index (χ2n) is 4.48. The molecule has 0 fully saturated rings. The van der Waals surface area contributed by atoms with E-state index in [1.54, 1.807) is 43.5 Å². The molecule has 0 aliphatic heterocycles. The van der Waals surface area contributed by atoms with Crippen LogP contribution in [0, 0.1) is 0 Å². The van der Waals surface area contributed by atoms with Crippen molar-refractivity contribution in [3.8, 4) is 5.75 Å². The zero-order chi connectivity index (χ0) is 16.8. The number of methoxy groups -OCH3 is 1. The highest BCUT2D eigenvalue weighted by Crippen LogP contribution is 2.23. The van der Waals surface area contributed by atoms with Crippen molar-refractivity contribution in [3.63, 3.8) is 0 Å². The SMILES string of the molecule is COc1ccc(NC(=S)NC(=O)c2cc(SC)ccc2Cl)cc1. The maximum atomic E-state index is 12.3. The summed E-state index contributed by atoms with van der Waals surface area (Å²) in [4.78, 5) is 13.2. The van der Waals surface area contributed by atoms with Gasteiger partial charge in [0.25, 0.3) is 5.91 Å². The number of benzene rings is 2. The summed E-state index contributed by atoms with van der Waals surface area (Å²) in [6, 6.07) is 12.5. The van der Waals surface area contributed by atoms with E-state index in [1.165, 1.54) is 11.8 Å². The van der Waals surface area contributed by atoms with Crippen LogP contribution in [0.4, 0.5) is 5.69 Å². The first-order valence-corrected chi connectivity index (χ1v) is 8.64. The fraction of sp³-hybridized carbons (Fsp3) is 0.125. The molecule has 2 aromatic carbocycles. The predicted molar refractivity (Wildman–Crippen MR) is 99.9 cm³/mol. The summed E-state index contributed by atoms with van der Waals surface area (Å²) >= 11 is 12.8. The number of hydrogen-bond donors (Lipinski definition) is 2. The van der Waals surface area contributed by atoms with Gasteiger partial charge in [-0.25, -0.2) is 0 Å². The van der Waals surface area contributed by atoms with E-state index >= 15 is 0 Å². The number of rotatable bonds is 4. The minimum atomic E-state index is -0.350. The molecule has 2 rings (SSSR count). The van der Waals surface area contributed by atoms with Crippen LogP contribution in [0.2, 0.25) is 5.02 Å². The number of hydrogen-bond acceptors (Lipinski definition) is 4. The van der Waals surface area contributed by atoms with Gasteiger partial charge in [-0.2, -0.15) is 0 Å². The van der Waals surface area contributed by atoms with E-state index in [9.17, 15) is 4.79 Å². The molecule has 0 heterocycles. The summed E-state index contributed by atoms with van der Waals surface area (Å²) in [5.41, 5.74) is 1.14. The maximum absolute atomic E-state index is 12.3. The Morgan fingerprint density at radius 2 is 1.91 bits per heavy atom. The normalized spacial score (nSPS) is 10.0. The minimum Gasteiger partial charge on any atom is -0.497 e. The van der Waals surface area contributed by atoms with Crippen molar-refractivity contribution in [2.45, 2.75) is 4.90 Å². The lowest BCUT2D eigenvalue weighted by Crippen LogP contribution is -2.34. The van der Waals surface area contributed by atoms with Crippen LogP contribution < -0.4 is 15.4 Å². The molecular formula is C16H15ClN2O2S2. The molecule has 0 aliphatic rings. The monoisotopic (exact) mass is 366 g/mol. The highest BCUT2D eigenvalue weighted by Gasteiger charge is 2.13. The number of ether oxygens (including phenoxy) is 1. The van der Waals surface area contributed by atoms with Crippen molar-refractivity contribution in [2.24, 2.45) is 0 Å². The van der Waals surface area contributed by atoms with Gasteiger partial charge in [0.15, 0.2) is 5.11 Å². The third-order valence-corrected chi connectivity index (χ3v) is 4.25. The molecule has 1 amide bonds. The molecule has 0 saturated heterocycles. The average molecular weight is 367 g/mol. The number of halogens is 1. The molecule has 4 nitrogen and oxygen atoms in total. The van der Waals surface area contributed by atoms with Crippen molar-refractivity contribution in [2.75, 3.05) is 18.7 Å². The zero-order valence-electron chi connectivity index (χ0n) is 12.6. The number of carbonyl (C=O) groups excluding carboxylic acids is 1. The summed E-state index contributed by atoms with van der Waals surface area (Å²) in [6.07, 6.45) is 1.93. The predicted octanol–water partition coefficient (Wildman–Crippen LogP) is 4.20. The number of thioether (sulfide) groups is 1. The van der Waals surface area contributed by atoms with Gasteiger partial charge < -0.3 is 10.1 Å². The van der Waals surface area contributed by atoms with Crippen LogP contribution in [0.15, 0.2) is 47.4 Å². The Morgan fingerprint density at radius 3 is 2.52 bits per heavy atom. The third kappa shape index (κ3) is 4.86. The molecule has 2 N–H and O–H groups in total. The summed E-state index contributed by atoms with van der Waals surface area (Å²) in [5.74, 6) is 0.392. The second-order valence-corrected chi connectivity index (χ2v) is 6.18. The highest BCUT2D eigenvalue weighted by atomic mass is 35.5. The topological polar surface area (TPSA) is 50.4 Å². The lowest BCUT2D eigenvalue weighted by Gasteiger charge is -2.11. The molecule has 0 aromatic heterocycles. The summed E-state index contributed by atoms with van der Waals surface area (Å²) in [5, 5.41) is 6.14. The first kappa shape index (κ1) is 17.6. The van der Waals surface area contributed by atoms with Crippen LogP contribution in [-0.2, 0) is 0 Å². The maximum Gasteiger partial charge on any atom is 0.258 e. The Morgan fingerprint density at radius 1 is 1.22 bits per heavy atom. The summed E-state index contributed by atoms with van der Waals surface area (Å²) < 4.78 is 5.08. The van der Waals surface area contributed by atoms with Gasteiger partial charge in [-0.15, -0.1) is 11.8 Å². The summed E-state index contributed by atoms with van der Waals surface area (Å²) in [6.45, 7) is 0. The lowest BCUT2D eigenvalue weighted by molar-refractivity contribution is 0.0977. The largest absolute Gasteiger partial charge is 0.497 e. The second kappa shape index (κ2) is 8.19. The Hall–Kier alpha value is -1.76.